The van der Waals surface area contributed by atoms with Crippen LogP contribution in [0.3, 0.4) is 0 Å². The first kappa shape index (κ1) is 8.28. The van der Waals surface area contributed by atoms with Gasteiger partial charge in [0.05, 0.1) is 0 Å². The summed E-state index contributed by atoms with van der Waals surface area (Å²) in [7, 11) is 0. The van der Waals surface area contributed by atoms with Crippen molar-refractivity contribution in [2.45, 2.75) is 38.5 Å². The van der Waals surface area contributed by atoms with Crippen LogP contribution in [0.15, 0.2) is 0 Å². The fourth-order valence-corrected chi connectivity index (χ4v) is 4.35. The first-order chi connectivity index (χ1) is 6.20. The molecule has 2 heteroatoms. The molecule has 4 aliphatic carbocycles. The summed E-state index contributed by atoms with van der Waals surface area (Å²) in [6.07, 6.45) is 7.32. The van der Waals surface area contributed by atoms with Crippen LogP contribution in [0.2, 0.25) is 0 Å². The van der Waals surface area contributed by atoms with E-state index in [1.807, 2.05) is 0 Å². The number of hydrogen-bond acceptors (Lipinski definition) is 1. The summed E-state index contributed by atoms with van der Waals surface area (Å²) in [5.74, 6) is 2.61. The first-order valence-electron chi connectivity index (χ1n) is 5.39. The molecule has 0 heterocycles. The van der Waals surface area contributed by atoms with E-state index < -0.39 is 0 Å². The van der Waals surface area contributed by atoms with Gasteiger partial charge < -0.3 is 0 Å². The standard InChI is InChI=1S/C11H15ClO/c12-10(13)11-2-1-7-3-8(5-11)9(4-7)6-11/h7-9H,1-6H2. The minimum atomic E-state index is -0.0812. The molecule has 2 unspecified atom stereocenters. The maximum absolute atomic E-state index is 11.5. The van der Waals surface area contributed by atoms with E-state index in [2.05, 4.69) is 0 Å². The highest BCUT2D eigenvalue weighted by molar-refractivity contribution is 6.64. The van der Waals surface area contributed by atoms with Crippen molar-refractivity contribution in [2.75, 3.05) is 0 Å². The molecule has 0 spiro atoms. The number of fused-ring (bicyclic) bond motifs is 1. The Morgan fingerprint density at radius 3 is 2.38 bits per heavy atom. The number of halogens is 1. The predicted molar refractivity (Wildman–Crippen MR) is 51.5 cm³/mol. The highest BCUT2D eigenvalue weighted by Gasteiger charge is 2.55. The second-order valence-electron chi connectivity index (χ2n) is 5.36. The zero-order chi connectivity index (χ0) is 9.05. The van der Waals surface area contributed by atoms with Gasteiger partial charge in [-0.2, -0.15) is 0 Å². The second-order valence-corrected chi connectivity index (χ2v) is 5.70. The molecule has 0 saturated heterocycles. The van der Waals surface area contributed by atoms with Gasteiger partial charge in [0.15, 0.2) is 0 Å². The van der Waals surface area contributed by atoms with E-state index in [0.717, 1.165) is 37.0 Å². The highest BCUT2D eigenvalue weighted by atomic mass is 35.5. The third-order valence-electron chi connectivity index (χ3n) is 4.69. The van der Waals surface area contributed by atoms with Crippen LogP contribution in [0, 0.1) is 23.2 Å². The Morgan fingerprint density at radius 1 is 1.23 bits per heavy atom. The lowest BCUT2D eigenvalue weighted by Crippen LogP contribution is -2.23. The molecule has 72 valence electrons. The van der Waals surface area contributed by atoms with Crippen LogP contribution in [0.4, 0.5) is 0 Å². The number of hydrogen-bond donors (Lipinski definition) is 0. The molecule has 0 amide bonds. The fraction of sp³-hybridized carbons (Fsp3) is 0.909. The van der Waals surface area contributed by atoms with E-state index in [4.69, 9.17) is 11.6 Å². The zero-order valence-corrected chi connectivity index (χ0v) is 8.52. The molecule has 0 radical (unpaired) electrons. The Balaban J connectivity index is 1.98. The summed E-state index contributed by atoms with van der Waals surface area (Å²) in [4.78, 5) is 11.5. The van der Waals surface area contributed by atoms with Crippen molar-refractivity contribution in [1.29, 1.82) is 0 Å². The molecule has 0 aromatic carbocycles. The van der Waals surface area contributed by atoms with E-state index in [-0.39, 0.29) is 10.7 Å². The Hall–Kier alpha value is -0.0400. The molecule has 1 nitrogen and oxygen atoms in total. The quantitative estimate of drug-likeness (QED) is 0.592. The topological polar surface area (TPSA) is 17.1 Å². The maximum atomic E-state index is 11.5. The molecule has 0 aromatic heterocycles. The van der Waals surface area contributed by atoms with E-state index in [1.165, 1.54) is 19.3 Å². The van der Waals surface area contributed by atoms with Crippen LogP contribution < -0.4 is 0 Å². The van der Waals surface area contributed by atoms with Gasteiger partial charge in [0.25, 0.3) is 0 Å². The SMILES string of the molecule is O=C(Cl)C12CCC3CC(C1)C(C3)C2. The van der Waals surface area contributed by atoms with Crippen molar-refractivity contribution in [1.82, 2.24) is 0 Å². The maximum Gasteiger partial charge on any atom is 0.227 e. The Bertz CT molecular complexity index is 247. The van der Waals surface area contributed by atoms with Crippen LogP contribution >= 0.6 is 11.6 Å². The fourth-order valence-electron chi connectivity index (χ4n) is 4.10. The molecule has 0 N–H and O–H groups in total. The van der Waals surface area contributed by atoms with Crippen LogP contribution in [0.5, 0.6) is 0 Å². The molecule has 0 aliphatic heterocycles. The largest absolute Gasteiger partial charge is 0.281 e. The van der Waals surface area contributed by atoms with Gasteiger partial charge in [-0.25, -0.2) is 0 Å². The summed E-state index contributed by atoms with van der Waals surface area (Å²) in [6, 6.07) is 0. The average molecular weight is 199 g/mol. The third-order valence-corrected chi connectivity index (χ3v) is 5.09. The summed E-state index contributed by atoms with van der Waals surface area (Å²) in [6.45, 7) is 0. The molecule has 4 fully saturated rings. The van der Waals surface area contributed by atoms with Gasteiger partial charge in [0.2, 0.25) is 5.24 Å². The van der Waals surface area contributed by atoms with Crippen LogP contribution in [-0.4, -0.2) is 5.24 Å². The average Bonchev–Trinajstić information content (AvgIpc) is 2.35. The van der Waals surface area contributed by atoms with E-state index in [1.54, 1.807) is 0 Å². The molecule has 0 aromatic rings. The van der Waals surface area contributed by atoms with E-state index in [9.17, 15) is 4.79 Å². The van der Waals surface area contributed by atoms with Gasteiger partial charge >= 0.3 is 0 Å². The van der Waals surface area contributed by atoms with Crippen molar-refractivity contribution in [2.24, 2.45) is 23.2 Å². The predicted octanol–water partition coefficient (Wildman–Crippen LogP) is 2.97. The van der Waals surface area contributed by atoms with Crippen LogP contribution in [0.1, 0.15) is 38.5 Å². The minimum Gasteiger partial charge on any atom is -0.281 e. The summed E-state index contributed by atoms with van der Waals surface area (Å²) in [5.41, 5.74) is -0.0812. The van der Waals surface area contributed by atoms with Crippen molar-refractivity contribution in [3.05, 3.63) is 0 Å². The minimum absolute atomic E-state index is 0.0393. The number of carbonyl (C=O) groups is 1. The molecule has 4 saturated carbocycles. The van der Waals surface area contributed by atoms with Crippen LogP contribution in [-0.2, 0) is 4.79 Å². The van der Waals surface area contributed by atoms with Crippen molar-refractivity contribution >= 4 is 16.8 Å². The Kier molecular flexibility index (Phi) is 1.59. The molecular formula is C11H15ClO. The van der Waals surface area contributed by atoms with Crippen LogP contribution in [0.25, 0.3) is 0 Å². The highest BCUT2D eigenvalue weighted by Crippen LogP contribution is 2.61. The van der Waals surface area contributed by atoms with Gasteiger partial charge in [-0.1, -0.05) is 0 Å². The van der Waals surface area contributed by atoms with Gasteiger partial charge in [-0.3, -0.25) is 4.79 Å². The smallest absolute Gasteiger partial charge is 0.227 e. The summed E-state index contributed by atoms with van der Waals surface area (Å²) < 4.78 is 0. The van der Waals surface area contributed by atoms with Gasteiger partial charge in [-0.15, -0.1) is 0 Å². The van der Waals surface area contributed by atoms with Gasteiger partial charge in [0.1, 0.15) is 0 Å². The summed E-state index contributed by atoms with van der Waals surface area (Å²) in [5, 5.41) is -0.0393. The second kappa shape index (κ2) is 2.50. The van der Waals surface area contributed by atoms with Gasteiger partial charge in [-0.05, 0) is 67.9 Å². The number of rotatable bonds is 1. The normalized spacial score (nSPS) is 52.5. The van der Waals surface area contributed by atoms with E-state index in [0.29, 0.717) is 0 Å². The Morgan fingerprint density at radius 2 is 1.85 bits per heavy atom. The monoisotopic (exact) mass is 198 g/mol. The van der Waals surface area contributed by atoms with Crippen molar-refractivity contribution in [3.63, 3.8) is 0 Å². The third kappa shape index (κ3) is 1.03. The lowest BCUT2D eigenvalue weighted by Gasteiger charge is -2.22. The van der Waals surface area contributed by atoms with Crippen molar-refractivity contribution in [3.8, 4) is 0 Å². The lowest BCUT2D eigenvalue weighted by atomic mass is 9.83. The molecular weight excluding hydrogens is 184 g/mol. The van der Waals surface area contributed by atoms with E-state index >= 15 is 0 Å². The first-order valence-corrected chi connectivity index (χ1v) is 5.77. The number of carbonyl (C=O) groups excluding carboxylic acids is 1. The molecule has 4 bridgehead atoms. The lowest BCUT2D eigenvalue weighted by molar-refractivity contribution is -0.120. The molecule has 4 aliphatic rings. The molecule has 4 rings (SSSR count). The zero-order valence-electron chi connectivity index (χ0n) is 7.76. The summed E-state index contributed by atoms with van der Waals surface area (Å²) >= 11 is 5.76. The van der Waals surface area contributed by atoms with Gasteiger partial charge in [0, 0.05) is 5.41 Å². The molecule has 13 heavy (non-hydrogen) atoms. The molecule has 2 atom stereocenters. The van der Waals surface area contributed by atoms with Crippen molar-refractivity contribution < 1.29 is 4.79 Å². The Labute approximate surface area is 83.8 Å².